The van der Waals surface area contributed by atoms with E-state index in [9.17, 15) is 14.7 Å². The van der Waals surface area contributed by atoms with Crippen LogP contribution >= 0.6 is 0 Å². The van der Waals surface area contributed by atoms with Crippen molar-refractivity contribution in [1.82, 2.24) is 5.32 Å². The van der Waals surface area contributed by atoms with Crippen molar-refractivity contribution >= 4 is 11.9 Å². The zero-order valence-corrected chi connectivity index (χ0v) is 19.3. The van der Waals surface area contributed by atoms with Crippen molar-refractivity contribution in [3.05, 3.63) is 108 Å². The molecule has 3 aromatic carbocycles. The van der Waals surface area contributed by atoms with Crippen LogP contribution < -0.4 is 5.32 Å². The Bertz CT molecular complexity index is 947. The fourth-order valence-electron chi connectivity index (χ4n) is 3.97. The summed E-state index contributed by atoms with van der Waals surface area (Å²) in [6.45, 7) is 5.41. The molecule has 0 heterocycles. The number of carboxylic acids is 1. The van der Waals surface area contributed by atoms with E-state index in [0.29, 0.717) is 0 Å². The predicted molar refractivity (Wildman–Crippen MR) is 129 cm³/mol. The van der Waals surface area contributed by atoms with Gasteiger partial charge in [-0.2, -0.15) is 0 Å². The van der Waals surface area contributed by atoms with Crippen molar-refractivity contribution in [2.75, 3.05) is 0 Å². The number of esters is 1. The van der Waals surface area contributed by atoms with E-state index in [1.165, 1.54) is 0 Å². The third-order valence-corrected chi connectivity index (χ3v) is 5.35. The molecule has 0 bridgehead atoms. The molecule has 3 aromatic rings. The first kappa shape index (κ1) is 24.2. The first-order valence-electron chi connectivity index (χ1n) is 11.1. The van der Waals surface area contributed by atoms with Crippen molar-refractivity contribution < 1.29 is 19.4 Å². The fraction of sp³-hybridized carbons (Fsp3) is 0.286. The van der Waals surface area contributed by atoms with Gasteiger partial charge in [0.2, 0.25) is 0 Å². The molecule has 0 saturated heterocycles. The Kier molecular flexibility index (Phi) is 7.67. The van der Waals surface area contributed by atoms with E-state index in [1.54, 1.807) is 20.8 Å². The quantitative estimate of drug-likeness (QED) is 0.352. The first-order valence-corrected chi connectivity index (χ1v) is 11.1. The van der Waals surface area contributed by atoms with E-state index in [2.05, 4.69) is 5.32 Å². The van der Waals surface area contributed by atoms with E-state index in [1.807, 2.05) is 91.0 Å². The number of nitrogens with one attached hydrogen (secondary N) is 1. The first-order chi connectivity index (χ1) is 15.7. The van der Waals surface area contributed by atoms with Gasteiger partial charge in [-0.25, -0.2) is 0 Å². The van der Waals surface area contributed by atoms with Gasteiger partial charge in [0, 0.05) is 6.42 Å². The molecular weight excluding hydrogens is 414 g/mol. The van der Waals surface area contributed by atoms with Crippen LogP contribution in [0.4, 0.5) is 0 Å². The lowest BCUT2D eigenvalue weighted by molar-refractivity contribution is -0.158. The largest absolute Gasteiger partial charge is 0.481 e. The summed E-state index contributed by atoms with van der Waals surface area (Å²) in [6.07, 6.45) is -0.0656. The van der Waals surface area contributed by atoms with Gasteiger partial charge in [-0.15, -0.1) is 0 Å². The SMILES string of the molecule is CC(C)(C)OC(=O)C(CCC(=O)O)NC(c1ccccc1)(c1ccccc1)c1ccccc1. The maximum Gasteiger partial charge on any atom is 0.323 e. The van der Waals surface area contributed by atoms with Gasteiger partial charge in [0.15, 0.2) is 0 Å². The highest BCUT2D eigenvalue weighted by molar-refractivity contribution is 5.78. The Labute approximate surface area is 195 Å². The van der Waals surface area contributed by atoms with Crippen LogP contribution in [0.2, 0.25) is 0 Å². The van der Waals surface area contributed by atoms with E-state index < -0.39 is 29.1 Å². The zero-order valence-electron chi connectivity index (χ0n) is 19.3. The van der Waals surface area contributed by atoms with E-state index >= 15 is 0 Å². The number of hydrogen-bond donors (Lipinski definition) is 2. The number of hydrogen-bond acceptors (Lipinski definition) is 4. The Morgan fingerprint density at radius 2 is 1.18 bits per heavy atom. The van der Waals surface area contributed by atoms with E-state index in [4.69, 9.17) is 4.74 Å². The van der Waals surface area contributed by atoms with Gasteiger partial charge in [-0.1, -0.05) is 91.0 Å². The lowest BCUT2D eigenvalue weighted by atomic mass is 9.76. The van der Waals surface area contributed by atoms with Gasteiger partial charge in [0.05, 0.1) is 5.54 Å². The Morgan fingerprint density at radius 3 is 1.52 bits per heavy atom. The summed E-state index contributed by atoms with van der Waals surface area (Å²) < 4.78 is 5.69. The van der Waals surface area contributed by atoms with Crippen molar-refractivity contribution in [3.8, 4) is 0 Å². The predicted octanol–water partition coefficient (Wildman–Crippen LogP) is 5.14. The fourth-order valence-corrected chi connectivity index (χ4v) is 3.97. The van der Waals surface area contributed by atoms with Crippen LogP contribution in [0.15, 0.2) is 91.0 Å². The molecule has 2 N–H and O–H groups in total. The van der Waals surface area contributed by atoms with Gasteiger partial charge in [-0.3, -0.25) is 14.9 Å². The average Bonchev–Trinajstić information content (AvgIpc) is 2.80. The molecule has 5 nitrogen and oxygen atoms in total. The second kappa shape index (κ2) is 10.5. The summed E-state index contributed by atoms with van der Waals surface area (Å²) in [4.78, 5) is 24.7. The standard InChI is InChI=1S/C28H31NO4/c1-27(2,3)33-26(32)24(19-20-25(30)31)29-28(21-13-7-4-8-14-21,22-15-9-5-10-16-22)23-17-11-6-12-18-23/h4-18,24,29H,19-20H2,1-3H3,(H,30,31). The molecule has 0 fully saturated rings. The molecule has 1 atom stereocenters. The summed E-state index contributed by atoms with van der Waals surface area (Å²) in [5.41, 5.74) is 1.21. The highest BCUT2D eigenvalue weighted by atomic mass is 16.6. The summed E-state index contributed by atoms with van der Waals surface area (Å²) in [7, 11) is 0. The van der Waals surface area contributed by atoms with Crippen molar-refractivity contribution in [3.63, 3.8) is 0 Å². The third-order valence-electron chi connectivity index (χ3n) is 5.35. The van der Waals surface area contributed by atoms with Crippen LogP contribution in [-0.4, -0.2) is 28.7 Å². The molecule has 5 heteroatoms. The van der Waals surface area contributed by atoms with Crippen LogP contribution in [-0.2, 0) is 19.9 Å². The molecule has 0 aliphatic rings. The van der Waals surface area contributed by atoms with Crippen molar-refractivity contribution in [2.24, 2.45) is 0 Å². The number of benzene rings is 3. The number of carboxylic acid groups (broad SMARTS) is 1. The van der Waals surface area contributed by atoms with Crippen molar-refractivity contribution in [2.45, 2.75) is 50.8 Å². The molecule has 0 radical (unpaired) electrons. The molecule has 0 aliphatic carbocycles. The minimum absolute atomic E-state index is 0.0957. The summed E-state index contributed by atoms with van der Waals surface area (Å²) >= 11 is 0. The molecular formula is C28H31NO4. The highest BCUT2D eigenvalue weighted by Gasteiger charge is 2.40. The van der Waals surface area contributed by atoms with Gasteiger partial charge >= 0.3 is 11.9 Å². The average molecular weight is 446 g/mol. The molecule has 33 heavy (non-hydrogen) atoms. The van der Waals surface area contributed by atoms with Gasteiger partial charge in [0.1, 0.15) is 11.6 Å². The number of ether oxygens (including phenoxy) is 1. The number of rotatable bonds is 9. The minimum atomic E-state index is -0.963. The van der Waals surface area contributed by atoms with Crippen LogP contribution in [0.25, 0.3) is 0 Å². The van der Waals surface area contributed by atoms with Gasteiger partial charge < -0.3 is 9.84 Å². The van der Waals surface area contributed by atoms with Crippen LogP contribution in [0.5, 0.6) is 0 Å². The zero-order chi connectivity index (χ0) is 23.9. The Hall–Kier alpha value is -3.44. The molecule has 172 valence electrons. The summed E-state index contributed by atoms with van der Waals surface area (Å²) in [6, 6.07) is 28.8. The molecule has 0 saturated carbocycles. The monoisotopic (exact) mass is 445 g/mol. The maximum absolute atomic E-state index is 13.3. The van der Waals surface area contributed by atoms with Crippen LogP contribution in [0.1, 0.15) is 50.3 Å². The normalized spacial score (nSPS) is 12.7. The third kappa shape index (κ3) is 6.08. The van der Waals surface area contributed by atoms with Gasteiger partial charge in [0.25, 0.3) is 0 Å². The van der Waals surface area contributed by atoms with Crippen LogP contribution in [0, 0.1) is 0 Å². The van der Waals surface area contributed by atoms with E-state index in [0.717, 1.165) is 16.7 Å². The molecule has 0 amide bonds. The minimum Gasteiger partial charge on any atom is -0.481 e. The Balaban J connectivity index is 2.20. The van der Waals surface area contributed by atoms with Gasteiger partial charge in [-0.05, 0) is 43.9 Å². The second-order valence-electron chi connectivity index (χ2n) is 9.01. The lowest BCUT2D eigenvalue weighted by Gasteiger charge is -2.40. The molecule has 0 aliphatic heterocycles. The number of carbonyl (C=O) groups is 2. The molecule has 0 spiro atoms. The molecule has 0 aromatic heterocycles. The molecule has 3 rings (SSSR count). The van der Waals surface area contributed by atoms with Crippen LogP contribution in [0.3, 0.4) is 0 Å². The maximum atomic E-state index is 13.3. The second-order valence-corrected chi connectivity index (χ2v) is 9.01. The highest BCUT2D eigenvalue weighted by Crippen LogP contribution is 2.37. The Morgan fingerprint density at radius 1 is 0.788 bits per heavy atom. The number of carbonyl (C=O) groups excluding carboxylic acids is 1. The molecule has 1 unspecified atom stereocenters. The summed E-state index contributed by atoms with van der Waals surface area (Å²) in [5.74, 6) is -1.44. The van der Waals surface area contributed by atoms with E-state index in [-0.39, 0.29) is 12.8 Å². The smallest absolute Gasteiger partial charge is 0.323 e. The number of aliphatic carboxylic acids is 1. The lowest BCUT2D eigenvalue weighted by Crippen LogP contribution is -2.53. The van der Waals surface area contributed by atoms with Crippen molar-refractivity contribution in [1.29, 1.82) is 0 Å². The topological polar surface area (TPSA) is 75.6 Å². The summed E-state index contributed by atoms with van der Waals surface area (Å²) in [5, 5.41) is 12.9.